The van der Waals surface area contributed by atoms with Gasteiger partial charge in [-0.25, -0.2) is 4.99 Å². The van der Waals surface area contributed by atoms with Gasteiger partial charge in [-0.05, 0) is 48.2 Å². The van der Waals surface area contributed by atoms with Crippen molar-refractivity contribution in [1.82, 2.24) is 5.32 Å². The van der Waals surface area contributed by atoms with Crippen molar-refractivity contribution in [2.45, 2.75) is 6.92 Å². The first-order chi connectivity index (χ1) is 12.0. The molecule has 2 aromatic carbocycles. The van der Waals surface area contributed by atoms with E-state index in [1.54, 1.807) is 24.3 Å². The summed E-state index contributed by atoms with van der Waals surface area (Å²) in [5.41, 5.74) is 1.39. The molecule has 0 spiro atoms. The highest BCUT2D eigenvalue weighted by Gasteiger charge is 2.24. The van der Waals surface area contributed by atoms with Crippen molar-refractivity contribution in [1.29, 1.82) is 0 Å². The van der Waals surface area contributed by atoms with Crippen LogP contribution in [0.5, 0.6) is 5.75 Å². The van der Waals surface area contributed by atoms with Gasteiger partial charge in [-0.1, -0.05) is 34.1 Å². The molecule has 0 unspecified atom stereocenters. The molecule has 0 radical (unpaired) electrons. The number of ether oxygens (including phenoxy) is 1. The SMILES string of the molecule is CC(=O)Oc1ccc(Br)cc1/C=C1\SC(=Nc2ccccc2)NC1=O. The smallest absolute Gasteiger partial charge is 0.308 e. The number of halogens is 1. The van der Waals surface area contributed by atoms with Gasteiger partial charge in [0.25, 0.3) is 5.91 Å². The molecule has 3 rings (SSSR count). The summed E-state index contributed by atoms with van der Waals surface area (Å²) in [5.74, 6) is -0.268. The Morgan fingerprint density at radius 2 is 2.00 bits per heavy atom. The monoisotopic (exact) mass is 416 g/mol. The van der Waals surface area contributed by atoms with Gasteiger partial charge in [0.05, 0.1) is 10.6 Å². The van der Waals surface area contributed by atoms with E-state index in [0.717, 1.165) is 10.2 Å². The van der Waals surface area contributed by atoms with Crippen LogP contribution >= 0.6 is 27.7 Å². The van der Waals surface area contributed by atoms with Crippen molar-refractivity contribution in [3.8, 4) is 5.75 Å². The molecule has 2 aromatic rings. The number of benzene rings is 2. The number of aliphatic imine (C=N–C) groups is 1. The number of hydrogen-bond donors (Lipinski definition) is 1. The number of carbonyl (C=O) groups excluding carboxylic acids is 2. The normalized spacial score (nSPS) is 17.0. The molecule has 25 heavy (non-hydrogen) atoms. The summed E-state index contributed by atoms with van der Waals surface area (Å²) in [7, 11) is 0. The first kappa shape index (κ1) is 17.4. The van der Waals surface area contributed by atoms with Crippen LogP contribution in [0, 0.1) is 0 Å². The lowest BCUT2D eigenvalue weighted by Gasteiger charge is -2.06. The Morgan fingerprint density at radius 3 is 2.72 bits per heavy atom. The minimum absolute atomic E-state index is 0.242. The van der Waals surface area contributed by atoms with Crippen LogP contribution in [0.25, 0.3) is 6.08 Å². The number of hydrogen-bond acceptors (Lipinski definition) is 5. The maximum Gasteiger partial charge on any atom is 0.308 e. The highest BCUT2D eigenvalue weighted by molar-refractivity contribution is 9.10. The van der Waals surface area contributed by atoms with E-state index in [4.69, 9.17) is 4.74 Å². The molecule has 1 N–H and O–H groups in total. The van der Waals surface area contributed by atoms with Gasteiger partial charge in [0.2, 0.25) is 0 Å². The van der Waals surface area contributed by atoms with Gasteiger partial charge in [-0.2, -0.15) is 0 Å². The molecule has 7 heteroatoms. The summed E-state index contributed by atoms with van der Waals surface area (Å²) < 4.78 is 6.01. The number of thioether (sulfide) groups is 1. The predicted molar refractivity (Wildman–Crippen MR) is 103 cm³/mol. The molecular formula is C18H13BrN2O3S. The van der Waals surface area contributed by atoms with Crippen LogP contribution in [0.3, 0.4) is 0 Å². The van der Waals surface area contributed by atoms with Crippen molar-refractivity contribution in [2.24, 2.45) is 4.99 Å². The molecule has 0 atom stereocenters. The van der Waals surface area contributed by atoms with Crippen molar-refractivity contribution in [2.75, 3.05) is 0 Å². The lowest BCUT2D eigenvalue weighted by atomic mass is 10.2. The molecular weight excluding hydrogens is 404 g/mol. The minimum atomic E-state index is -0.420. The van der Waals surface area contributed by atoms with Gasteiger partial charge >= 0.3 is 5.97 Å². The Balaban J connectivity index is 1.89. The van der Waals surface area contributed by atoms with E-state index in [1.807, 2.05) is 30.3 Å². The van der Waals surface area contributed by atoms with Gasteiger partial charge in [0.15, 0.2) is 5.17 Å². The van der Waals surface area contributed by atoms with E-state index in [2.05, 4.69) is 26.2 Å². The second-order valence-electron chi connectivity index (χ2n) is 5.09. The van der Waals surface area contributed by atoms with Crippen LogP contribution in [-0.2, 0) is 9.59 Å². The fraction of sp³-hybridized carbons (Fsp3) is 0.0556. The predicted octanol–water partition coefficient (Wildman–Crippen LogP) is 4.27. The third-order valence-corrected chi connectivity index (χ3v) is 4.55. The second-order valence-corrected chi connectivity index (χ2v) is 7.04. The molecule has 126 valence electrons. The van der Waals surface area contributed by atoms with Crippen LogP contribution in [0.4, 0.5) is 5.69 Å². The largest absolute Gasteiger partial charge is 0.426 e. The number of para-hydroxylation sites is 1. The molecule has 0 aliphatic carbocycles. The second kappa shape index (κ2) is 7.67. The number of rotatable bonds is 3. The van der Waals surface area contributed by atoms with Crippen molar-refractivity contribution < 1.29 is 14.3 Å². The third-order valence-electron chi connectivity index (χ3n) is 3.15. The highest BCUT2D eigenvalue weighted by atomic mass is 79.9. The summed E-state index contributed by atoms with van der Waals surface area (Å²) in [4.78, 5) is 28.3. The Kier molecular flexibility index (Phi) is 5.35. The molecule has 1 amide bonds. The van der Waals surface area contributed by atoms with Crippen molar-refractivity contribution in [3.63, 3.8) is 0 Å². The topological polar surface area (TPSA) is 67.8 Å². The van der Waals surface area contributed by atoms with Crippen LogP contribution in [0.2, 0.25) is 0 Å². The Morgan fingerprint density at radius 1 is 1.24 bits per heavy atom. The molecule has 0 bridgehead atoms. The fourth-order valence-corrected chi connectivity index (χ4v) is 3.33. The summed E-state index contributed by atoms with van der Waals surface area (Å²) in [6, 6.07) is 14.6. The zero-order valence-corrected chi connectivity index (χ0v) is 15.6. The van der Waals surface area contributed by atoms with Gasteiger partial charge in [-0.15, -0.1) is 0 Å². The maximum absolute atomic E-state index is 12.2. The average Bonchev–Trinajstić information content (AvgIpc) is 2.90. The third kappa shape index (κ3) is 4.58. The highest BCUT2D eigenvalue weighted by Crippen LogP contribution is 2.32. The number of carbonyl (C=O) groups is 2. The zero-order chi connectivity index (χ0) is 17.8. The molecule has 0 saturated carbocycles. The van der Waals surface area contributed by atoms with Crippen LogP contribution in [-0.4, -0.2) is 17.0 Å². The van der Waals surface area contributed by atoms with E-state index >= 15 is 0 Å². The molecule has 0 aromatic heterocycles. The van der Waals surface area contributed by atoms with E-state index in [0.29, 0.717) is 21.4 Å². The molecule has 5 nitrogen and oxygen atoms in total. The standard InChI is InChI=1S/C18H13BrN2O3S/c1-11(22)24-15-8-7-13(19)9-12(15)10-16-17(23)21-18(25-16)20-14-5-3-2-4-6-14/h2-10H,1H3,(H,20,21,23)/b16-10-. The number of nitrogens with zero attached hydrogens (tertiary/aromatic N) is 1. The lowest BCUT2D eigenvalue weighted by Crippen LogP contribution is -2.19. The van der Waals surface area contributed by atoms with Crippen LogP contribution in [0.1, 0.15) is 12.5 Å². The van der Waals surface area contributed by atoms with Gasteiger partial charge in [-0.3, -0.25) is 9.59 Å². The summed E-state index contributed by atoms with van der Waals surface area (Å²) in [6.45, 7) is 1.33. The van der Waals surface area contributed by atoms with Crippen molar-refractivity contribution in [3.05, 3.63) is 63.5 Å². The quantitative estimate of drug-likeness (QED) is 0.460. The van der Waals surface area contributed by atoms with Crippen molar-refractivity contribution >= 4 is 56.5 Å². The maximum atomic E-state index is 12.2. The minimum Gasteiger partial charge on any atom is -0.426 e. The van der Waals surface area contributed by atoms with E-state index in [9.17, 15) is 9.59 Å². The van der Waals surface area contributed by atoms with Gasteiger partial charge < -0.3 is 10.1 Å². The van der Waals surface area contributed by atoms with Gasteiger partial charge in [0.1, 0.15) is 5.75 Å². The van der Waals surface area contributed by atoms with Crippen LogP contribution in [0.15, 0.2) is 62.9 Å². The molecule has 1 aliphatic rings. The molecule has 1 saturated heterocycles. The van der Waals surface area contributed by atoms with E-state index in [1.165, 1.54) is 18.7 Å². The van der Waals surface area contributed by atoms with E-state index < -0.39 is 5.97 Å². The number of esters is 1. The Bertz CT molecular complexity index is 894. The Labute approximate surface area is 157 Å². The van der Waals surface area contributed by atoms with E-state index in [-0.39, 0.29) is 5.91 Å². The average molecular weight is 417 g/mol. The summed E-state index contributed by atoms with van der Waals surface area (Å²) in [6.07, 6.45) is 1.68. The molecule has 1 fully saturated rings. The fourth-order valence-electron chi connectivity index (χ4n) is 2.12. The van der Waals surface area contributed by atoms with Crippen LogP contribution < -0.4 is 10.1 Å². The Hall–Kier alpha value is -2.38. The first-order valence-corrected chi connectivity index (χ1v) is 8.95. The number of nitrogens with one attached hydrogen (secondary N) is 1. The zero-order valence-electron chi connectivity index (χ0n) is 13.2. The molecule has 1 aliphatic heterocycles. The summed E-state index contributed by atoms with van der Waals surface area (Å²) in [5, 5.41) is 3.24. The summed E-state index contributed by atoms with van der Waals surface area (Å²) >= 11 is 4.62. The lowest BCUT2D eigenvalue weighted by molar-refractivity contribution is -0.131. The number of amides is 1. The van der Waals surface area contributed by atoms with Gasteiger partial charge in [0, 0.05) is 17.0 Å². The first-order valence-electron chi connectivity index (χ1n) is 7.34. The molecule has 1 heterocycles. The number of amidine groups is 1.